The third kappa shape index (κ3) is 8.07. The van der Waals surface area contributed by atoms with Crippen LogP contribution in [0.1, 0.15) is 37.6 Å². The molecule has 1 aromatic carbocycles. The van der Waals surface area contributed by atoms with Crippen LogP contribution in [-0.4, -0.2) is 70.5 Å². The van der Waals surface area contributed by atoms with Crippen LogP contribution in [0.3, 0.4) is 0 Å². The van der Waals surface area contributed by atoms with Gasteiger partial charge in [-0.1, -0.05) is 32.0 Å². The van der Waals surface area contributed by atoms with Gasteiger partial charge in [0.15, 0.2) is 5.78 Å². The lowest BCUT2D eigenvalue weighted by Gasteiger charge is -2.26. The van der Waals surface area contributed by atoms with Crippen molar-refractivity contribution in [3.05, 3.63) is 64.6 Å². The van der Waals surface area contributed by atoms with Gasteiger partial charge in [0, 0.05) is 30.4 Å². The summed E-state index contributed by atoms with van der Waals surface area (Å²) in [6, 6.07) is 7.71. The molecule has 0 bridgehead atoms. The summed E-state index contributed by atoms with van der Waals surface area (Å²) >= 11 is 0. The minimum Gasteiger partial charge on any atom is -0.391 e. The standard InChI is InChI=1S/C26H36N6O6/c1-15(2)23(35)20(13-28)30-26(38)22(16(3)33)31-25(37)19(11-12-27)29-24(36)17-9-10-21(34)32(14-17)18-7-5-4-6-8-18/h4-10,14-16,19-20,22,33H,11-13,27-28H2,1-3H3,(H,29,36)(H,30,38)(H,31,37)/t16?,19-,20-,22-/m0/s1. The normalized spacial score (nSPS) is 14.2. The first-order chi connectivity index (χ1) is 18.0. The Kier molecular flexibility index (Phi) is 11.3. The average Bonchev–Trinajstić information content (AvgIpc) is 2.89. The zero-order chi connectivity index (χ0) is 28.4. The van der Waals surface area contributed by atoms with Crippen LogP contribution in [0, 0.1) is 5.92 Å². The number of para-hydroxylation sites is 1. The Morgan fingerprint density at radius 2 is 1.55 bits per heavy atom. The quantitative estimate of drug-likeness (QED) is 0.187. The number of amides is 3. The van der Waals surface area contributed by atoms with E-state index >= 15 is 0 Å². The number of rotatable bonds is 13. The summed E-state index contributed by atoms with van der Waals surface area (Å²) in [6.45, 7) is 4.51. The maximum atomic E-state index is 13.0. The number of Topliss-reactive ketones (excluding diaryl/α,β-unsaturated/α-hetero) is 1. The van der Waals surface area contributed by atoms with Gasteiger partial charge in [0.2, 0.25) is 11.8 Å². The van der Waals surface area contributed by atoms with Gasteiger partial charge in [0.25, 0.3) is 11.5 Å². The lowest BCUT2D eigenvalue weighted by Crippen LogP contribution is -2.60. The number of aliphatic hydroxyl groups is 1. The Hall–Kier alpha value is -3.87. The molecule has 2 rings (SSSR count). The van der Waals surface area contributed by atoms with Gasteiger partial charge in [-0.2, -0.15) is 0 Å². The highest BCUT2D eigenvalue weighted by molar-refractivity contribution is 5.99. The molecule has 8 N–H and O–H groups in total. The highest BCUT2D eigenvalue weighted by Crippen LogP contribution is 2.07. The van der Waals surface area contributed by atoms with Crippen molar-refractivity contribution in [2.24, 2.45) is 17.4 Å². The summed E-state index contributed by atoms with van der Waals surface area (Å²) in [7, 11) is 0. The number of hydrogen-bond acceptors (Lipinski definition) is 8. The van der Waals surface area contributed by atoms with Crippen LogP contribution >= 0.6 is 0 Å². The van der Waals surface area contributed by atoms with Gasteiger partial charge in [-0.15, -0.1) is 0 Å². The summed E-state index contributed by atoms with van der Waals surface area (Å²) in [6.07, 6.45) is 0.0615. The number of carbonyl (C=O) groups excluding carboxylic acids is 4. The molecular formula is C26H36N6O6. The molecule has 206 valence electrons. The zero-order valence-corrected chi connectivity index (χ0v) is 21.7. The number of benzene rings is 1. The third-order valence-electron chi connectivity index (χ3n) is 5.81. The molecule has 0 aliphatic rings. The van der Waals surface area contributed by atoms with Gasteiger partial charge < -0.3 is 32.5 Å². The Bertz CT molecular complexity index is 1180. The zero-order valence-electron chi connectivity index (χ0n) is 21.7. The second kappa shape index (κ2) is 14.2. The minimum absolute atomic E-state index is 0.0291. The van der Waals surface area contributed by atoms with E-state index in [1.54, 1.807) is 44.2 Å². The molecule has 4 atom stereocenters. The van der Waals surface area contributed by atoms with Crippen molar-refractivity contribution in [2.45, 2.75) is 51.4 Å². The molecule has 0 spiro atoms. The first-order valence-corrected chi connectivity index (χ1v) is 12.3. The van der Waals surface area contributed by atoms with Gasteiger partial charge in [-0.3, -0.25) is 28.5 Å². The smallest absolute Gasteiger partial charge is 0.255 e. The molecule has 1 aromatic heterocycles. The number of ketones is 1. The van der Waals surface area contributed by atoms with Gasteiger partial charge in [-0.25, -0.2) is 0 Å². The SMILES string of the molecule is CC(C)C(=O)[C@H](CN)NC(=O)[C@@H](NC(=O)[C@H](CCN)NC(=O)c1ccc(=O)n(-c2ccccc2)c1)C(C)O. The molecule has 0 aliphatic carbocycles. The number of nitrogens with zero attached hydrogens (tertiary/aromatic N) is 1. The molecule has 12 nitrogen and oxygen atoms in total. The topological polar surface area (TPSA) is 199 Å². The lowest BCUT2D eigenvalue weighted by molar-refractivity contribution is -0.134. The van der Waals surface area contributed by atoms with Crippen LogP contribution < -0.4 is 33.0 Å². The maximum absolute atomic E-state index is 13.0. The predicted octanol–water partition coefficient (Wildman–Crippen LogP) is -1.18. The summed E-state index contributed by atoms with van der Waals surface area (Å²) in [5.41, 5.74) is 11.6. The van der Waals surface area contributed by atoms with Crippen molar-refractivity contribution in [1.29, 1.82) is 0 Å². The fourth-order valence-corrected chi connectivity index (χ4v) is 3.66. The molecule has 1 unspecified atom stereocenters. The minimum atomic E-state index is -1.42. The largest absolute Gasteiger partial charge is 0.391 e. The van der Waals surface area contributed by atoms with Crippen LogP contribution in [0.5, 0.6) is 0 Å². The van der Waals surface area contributed by atoms with E-state index in [4.69, 9.17) is 11.5 Å². The Labute approximate surface area is 220 Å². The Morgan fingerprint density at radius 1 is 0.895 bits per heavy atom. The van der Waals surface area contributed by atoms with Crippen LogP contribution in [0.2, 0.25) is 0 Å². The second-order valence-corrected chi connectivity index (χ2v) is 9.15. The maximum Gasteiger partial charge on any atom is 0.255 e. The second-order valence-electron chi connectivity index (χ2n) is 9.15. The molecule has 2 aromatic rings. The van der Waals surface area contributed by atoms with Crippen LogP contribution in [-0.2, 0) is 14.4 Å². The average molecular weight is 529 g/mol. The molecular weight excluding hydrogens is 492 g/mol. The van der Waals surface area contributed by atoms with E-state index < -0.39 is 42.0 Å². The molecule has 3 amide bonds. The molecule has 0 fully saturated rings. The first-order valence-electron chi connectivity index (χ1n) is 12.3. The summed E-state index contributed by atoms with van der Waals surface area (Å²) in [5.74, 6) is -2.89. The van der Waals surface area contributed by atoms with Crippen LogP contribution in [0.25, 0.3) is 5.69 Å². The van der Waals surface area contributed by atoms with Crippen molar-refractivity contribution in [3.63, 3.8) is 0 Å². The number of pyridine rings is 1. The third-order valence-corrected chi connectivity index (χ3v) is 5.81. The van der Waals surface area contributed by atoms with E-state index in [1.165, 1.54) is 29.8 Å². The number of nitrogens with one attached hydrogen (secondary N) is 3. The number of carbonyl (C=O) groups is 4. The molecule has 0 radical (unpaired) electrons. The van der Waals surface area contributed by atoms with Crippen molar-refractivity contribution in [3.8, 4) is 5.69 Å². The van der Waals surface area contributed by atoms with Gasteiger partial charge in [0.1, 0.15) is 12.1 Å². The molecule has 0 aliphatic heterocycles. The summed E-state index contributed by atoms with van der Waals surface area (Å²) in [5, 5.41) is 17.6. The van der Waals surface area contributed by atoms with Gasteiger partial charge in [0.05, 0.1) is 17.7 Å². The molecule has 38 heavy (non-hydrogen) atoms. The van der Waals surface area contributed by atoms with E-state index in [-0.39, 0.29) is 42.3 Å². The van der Waals surface area contributed by atoms with E-state index in [1.807, 2.05) is 0 Å². The van der Waals surface area contributed by atoms with E-state index in [0.717, 1.165) is 0 Å². The highest BCUT2D eigenvalue weighted by Gasteiger charge is 2.32. The summed E-state index contributed by atoms with van der Waals surface area (Å²) in [4.78, 5) is 63.4. The number of hydrogen-bond donors (Lipinski definition) is 6. The molecule has 1 heterocycles. The molecule has 0 saturated heterocycles. The summed E-state index contributed by atoms with van der Waals surface area (Å²) < 4.78 is 1.30. The van der Waals surface area contributed by atoms with Crippen molar-refractivity contribution >= 4 is 23.5 Å². The number of nitrogens with two attached hydrogens (primary N) is 2. The fraction of sp³-hybridized carbons (Fsp3) is 0.423. The highest BCUT2D eigenvalue weighted by atomic mass is 16.3. The van der Waals surface area contributed by atoms with Crippen LogP contribution in [0.4, 0.5) is 0 Å². The van der Waals surface area contributed by atoms with Crippen LogP contribution in [0.15, 0.2) is 53.5 Å². The Balaban J connectivity index is 2.19. The van der Waals surface area contributed by atoms with E-state index in [9.17, 15) is 29.1 Å². The molecule has 0 saturated carbocycles. The van der Waals surface area contributed by atoms with E-state index in [2.05, 4.69) is 16.0 Å². The molecule has 12 heteroatoms. The first kappa shape index (κ1) is 30.4. The number of aliphatic hydroxyl groups excluding tert-OH is 1. The van der Waals surface area contributed by atoms with Gasteiger partial charge in [-0.05, 0) is 38.1 Å². The van der Waals surface area contributed by atoms with Crippen molar-refractivity contribution in [2.75, 3.05) is 13.1 Å². The van der Waals surface area contributed by atoms with Crippen molar-refractivity contribution in [1.82, 2.24) is 20.5 Å². The monoisotopic (exact) mass is 528 g/mol. The lowest BCUT2D eigenvalue weighted by atomic mass is 10.0. The number of aromatic nitrogens is 1. The predicted molar refractivity (Wildman–Crippen MR) is 141 cm³/mol. The van der Waals surface area contributed by atoms with Crippen molar-refractivity contribution < 1.29 is 24.3 Å². The van der Waals surface area contributed by atoms with E-state index in [0.29, 0.717) is 5.69 Å². The van der Waals surface area contributed by atoms with Gasteiger partial charge >= 0.3 is 0 Å². The Morgan fingerprint density at radius 3 is 2.11 bits per heavy atom. The fourth-order valence-electron chi connectivity index (χ4n) is 3.66.